The highest BCUT2D eigenvalue weighted by atomic mass is 32.1. The molecule has 0 aliphatic carbocycles. The highest BCUT2D eigenvalue weighted by Crippen LogP contribution is 2.26. The van der Waals surface area contributed by atoms with Crippen molar-refractivity contribution in [3.05, 3.63) is 40.6 Å². The monoisotopic (exact) mass is 278 g/mol. The first-order chi connectivity index (χ1) is 8.92. The third kappa shape index (κ3) is 2.85. The number of hydrogen-bond donors (Lipinski definition) is 2. The molecule has 2 aromatic rings. The molecule has 0 bridgehead atoms. The Hall–Kier alpha value is -1.66. The minimum atomic E-state index is -0.805. The van der Waals surface area contributed by atoms with Crippen LogP contribution in [0.4, 0.5) is 0 Å². The Kier molecular flexibility index (Phi) is 3.73. The Bertz CT molecular complexity index is 559. The van der Waals surface area contributed by atoms with Crippen LogP contribution in [0, 0.1) is 0 Å². The Morgan fingerprint density at radius 1 is 1.58 bits per heavy atom. The van der Waals surface area contributed by atoms with E-state index >= 15 is 0 Å². The highest BCUT2D eigenvalue weighted by molar-refractivity contribution is 7.10. The molecule has 0 spiro atoms. The molecule has 2 aromatic heterocycles. The number of rotatable bonds is 5. The van der Waals surface area contributed by atoms with Gasteiger partial charge in [-0.05, 0) is 25.3 Å². The quantitative estimate of drug-likeness (QED) is 0.869. The van der Waals surface area contributed by atoms with Crippen LogP contribution in [0.3, 0.4) is 0 Å². The normalized spacial score (nSPS) is 13.4. The van der Waals surface area contributed by atoms with Crippen LogP contribution in [-0.2, 0) is 11.8 Å². The lowest BCUT2D eigenvalue weighted by Crippen LogP contribution is -2.52. The molecule has 0 saturated carbocycles. The van der Waals surface area contributed by atoms with E-state index in [1.165, 1.54) is 0 Å². The second kappa shape index (κ2) is 5.14. The summed E-state index contributed by atoms with van der Waals surface area (Å²) >= 11 is 1.62. The van der Waals surface area contributed by atoms with Crippen molar-refractivity contribution in [2.75, 3.05) is 0 Å². The predicted octanol–water partition coefficient (Wildman–Crippen LogP) is 1.42. The Morgan fingerprint density at radius 3 is 2.79 bits per heavy atom. The summed E-state index contributed by atoms with van der Waals surface area (Å²) < 4.78 is 1.94. The van der Waals surface area contributed by atoms with Crippen LogP contribution in [0.2, 0.25) is 0 Å². The van der Waals surface area contributed by atoms with Gasteiger partial charge in [-0.2, -0.15) is 0 Å². The van der Waals surface area contributed by atoms with Crippen LogP contribution in [-0.4, -0.2) is 21.0 Å². The van der Waals surface area contributed by atoms with Crippen LogP contribution in [0.15, 0.2) is 29.9 Å². The standard InChI is InChI=1S/C13H18N4OS/c1-13(2,12(14)18)16-10(9-5-4-8-19-9)11-15-6-7-17(11)3/h4-8,10,16H,1-3H3,(H2,14,18). The predicted molar refractivity (Wildman–Crippen MR) is 75.8 cm³/mol. The summed E-state index contributed by atoms with van der Waals surface area (Å²) in [4.78, 5) is 17.0. The van der Waals surface area contributed by atoms with Crippen molar-refractivity contribution < 1.29 is 4.79 Å². The van der Waals surface area contributed by atoms with Gasteiger partial charge in [0.1, 0.15) is 11.9 Å². The van der Waals surface area contributed by atoms with Gasteiger partial charge in [-0.25, -0.2) is 4.98 Å². The van der Waals surface area contributed by atoms with Crippen molar-refractivity contribution >= 4 is 17.2 Å². The number of amides is 1. The van der Waals surface area contributed by atoms with Gasteiger partial charge in [0.05, 0.1) is 5.54 Å². The maximum Gasteiger partial charge on any atom is 0.237 e. The van der Waals surface area contributed by atoms with Crippen LogP contribution >= 0.6 is 11.3 Å². The van der Waals surface area contributed by atoms with Crippen LogP contribution < -0.4 is 11.1 Å². The number of nitrogens with one attached hydrogen (secondary N) is 1. The molecule has 0 radical (unpaired) electrons. The number of imidazole rings is 1. The number of aryl methyl sites for hydroxylation is 1. The first-order valence-electron chi connectivity index (χ1n) is 6.00. The molecule has 0 aromatic carbocycles. The van der Waals surface area contributed by atoms with Gasteiger partial charge < -0.3 is 10.3 Å². The van der Waals surface area contributed by atoms with Gasteiger partial charge in [0.2, 0.25) is 5.91 Å². The molecule has 0 aliphatic rings. The largest absolute Gasteiger partial charge is 0.368 e. The lowest BCUT2D eigenvalue weighted by Gasteiger charge is -2.28. The molecule has 1 amide bonds. The minimum Gasteiger partial charge on any atom is -0.368 e. The number of carbonyl (C=O) groups is 1. The summed E-state index contributed by atoms with van der Waals surface area (Å²) in [6, 6.07) is 3.85. The van der Waals surface area contributed by atoms with E-state index in [0.29, 0.717) is 0 Å². The van der Waals surface area contributed by atoms with E-state index in [4.69, 9.17) is 5.73 Å². The molecule has 0 fully saturated rings. The minimum absolute atomic E-state index is 0.150. The fourth-order valence-corrected chi connectivity index (χ4v) is 2.58. The zero-order chi connectivity index (χ0) is 14.0. The van der Waals surface area contributed by atoms with Gasteiger partial charge in [0.25, 0.3) is 0 Å². The van der Waals surface area contributed by atoms with Gasteiger partial charge in [0.15, 0.2) is 0 Å². The molecule has 2 rings (SSSR count). The summed E-state index contributed by atoms with van der Waals surface area (Å²) in [5, 5.41) is 5.30. The van der Waals surface area contributed by atoms with E-state index in [0.717, 1.165) is 10.7 Å². The smallest absolute Gasteiger partial charge is 0.237 e. The van der Waals surface area contributed by atoms with E-state index in [9.17, 15) is 4.79 Å². The molecular weight excluding hydrogens is 260 g/mol. The summed E-state index contributed by atoms with van der Waals surface area (Å²) in [5.41, 5.74) is 4.63. The number of carbonyl (C=O) groups excluding carboxylic acids is 1. The van der Waals surface area contributed by atoms with Crippen molar-refractivity contribution in [3.63, 3.8) is 0 Å². The third-order valence-electron chi connectivity index (χ3n) is 3.07. The van der Waals surface area contributed by atoms with Crippen molar-refractivity contribution in [2.24, 2.45) is 12.8 Å². The average Bonchev–Trinajstić information content (AvgIpc) is 2.97. The molecule has 102 valence electrons. The summed E-state index contributed by atoms with van der Waals surface area (Å²) in [6.07, 6.45) is 3.63. The molecule has 1 atom stereocenters. The third-order valence-corrected chi connectivity index (χ3v) is 4.00. The maximum atomic E-state index is 11.5. The van der Waals surface area contributed by atoms with E-state index in [1.807, 2.05) is 35.3 Å². The van der Waals surface area contributed by atoms with E-state index in [1.54, 1.807) is 31.4 Å². The van der Waals surface area contributed by atoms with E-state index in [2.05, 4.69) is 10.3 Å². The number of primary amides is 1. The van der Waals surface area contributed by atoms with Crippen LogP contribution in [0.1, 0.15) is 30.6 Å². The maximum absolute atomic E-state index is 11.5. The molecule has 5 nitrogen and oxygen atoms in total. The summed E-state index contributed by atoms with van der Waals surface area (Å²) in [7, 11) is 1.93. The number of thiophene rings is 1. The first kappa shape index (κ1) is 13.8. The van der Waals surface area contributed by atoms with Gasteiger partial charge in [-0.1, -0.05) is 6.07 Å². The topological polar surface area (TPSA) is 72.9 Å². The fourth-order valence-electron chi connectivity index (χ4n) is 1.81. The molecule has 1 unspecified atom stereocenters. The van der Waals surface area contributed by atoms with Gasteiger partial charge in [0, 0.05) is 24.3 Å². The lowest BCUT2D eigenvalue weighted by molar-refractivity contribution is -0.123. The number of aromatic nitrogens is 2. The van der Waals surface area contributed by atoms with Gasteiger partial charge in [-0.3, -0.25) is 10.1 Å². The van der Waals surface area contributed by atoms with Crippen molar-refractivity contribution in [2.45, 2.75) is 25.4 Å². The van der Waals surface area contributed by atoms with Gasteiger partial charge in [-0.15, -0.1) is 11.3 Å². The molecule has 0 saturated heterocycles. The van der Waals surface area contributed by atoms with Crippen LogP contribution in [0.25, 0.3) is 0 Å². The number of nitrogens with two attached hydrogens (primary N) is 1. The molecular formula is C13H18N4OS. The second-order valence-corrected chi connectivity index (χ2v) is 5.96. The number of hydrogen-bond acceptors (Lipinski definition) is 4. The Morgan fingerprint density at radius 2 is 2.32 bits per heavy atom. The van der Waals surface area contributed by atoms with Crippen molar-refractivity contribution in [1.29, 1.82) is 0 Å². The molecule has 0 aliphatic heterocycles. The Labute approximate surface area is 116 Å². The first-order valence-corrected chi connectivity index (χ1v) is 6.88. The lowest BCUT2D eigenvalue weighted by atomic mass is 10.0. The van der Waals surface area contributed by atoms with Crippen molar-refractivity contribution in [1.82, 2.24) is 14.9 Å². The SMILES string of the molecule is Cn1ccnc1C(NC(C)(C)C(N)=O)c1cccs1. The summed E-state index contributed by atoms with van der Waals surface area (Å²) in [5.74, 6) is 0.472. The highest BCUT2D eigenvalue weighted by Gasteiger charge is 2.31. The molecule has 3 N–H and O–H groups in total. The fraction of sp³-hybridized carbons (Fsp3) is 0.385. The van der Waals surface area contributed by atoms with Crippen molar-refractivity contribution in [3.8, 4) is 0 Å². The molecule has 19 heavy (non-hydrogen) atoms. The average molecular weight is 278 g/mol. The molecule has 2 heterocycles. The van der Waals surface area contributed by atoms with Crippen LogP contribution in [0.5, 0.6) is 0 Å². The van der Waals surface area contributed by atoms with Gasteiger partial charge >= 0.3 is 0 Å². The molecule has 6 heteroatoms. The zero-order valence-electron chi connectivity index (χ0n) is 11.3. The van der Waals surface area contributed by atoms with E-state index in [-0.39, 0.29) is 11.9 Å². The second-order valence-electron chi connectivity index (χ2n) is 4.98. The van der Waals surface area contributed by atoms with E-state index < -0.39 is 5.54 Å². The number of nitrogens with zero attached hydrogens (tertiary/aromatic N) is 2. The zero-order valence-corrected chi connectivity index (χ0v) is 12.1. The Balaban J connectivity index is 2.37. The summed E-state index contributed by atoms with van der Waals surface area (Å²) in [6.45, 7) is 3.55.